The van der Waals surface area contributed by atoms with E-state index >= 15 is 0 Å². The van der Waals surface area contributed by atoms with Crippen LogP contribution < -0.4 is 0 Å². The summed E-state index contributed by atoms with van der Waals surface area (Å²) < 4.78 is 11.3. The third-order valence-corrected chi connectivity index (χ3v) is 5.83. The van der Waals surface area contributed by atoms with E-state index in [1.807, 2.05) is 18.2 Å². The summed E-state index contributed by atoms with van der Waals surface area (Å²) in [6.45, 7) is 4.15. The number of likely N-dealkylation sites (tertiary alicyclic amines) is 1. The van der Waals surface area contributed by atoms with Gasteiger partial charge in [-0.3, -0.25) is 4.90 Å². The molecule has 1 aromatic heterocycles. The first-order valence-electron chi connectivity index (χ1n) is 9.79. The van der Waals surface area contributed by atoms with Gasteiger partial charge in [0.15, 0.2) is 0 Å². The minimum atomic E-state index is -0.228. The molecule has 4 rings (SSSR count). The topological polar surface area (TPSA) is 38.8 Å². The van der Waals surface area contributed by atoms with Crippen molar-refractivity contribution in [3.05, 3.63) is 70.4 Å². The van der Waals surface area contributed by atoms with E-state index in [1.54, 1.807) is 23.5 Å². The molecule has 0 spiro atoms. The number of hydrogen-bond donors (Lipinski definition) is 0. The highest BCUT2D eigenvalue weighted by molar-refractivity contribution is 7.09. The Kier molecular flexibility index (Phi) is 6.37. The Morgan fingerprint density at radius 3 is 2.71 bits per heavy atom. The van der Waals surface area contributed by atoms with Gasteiger partial charge in [-0.05, 0) is 52.1 Å². The highest BCUT2D eigenvalue weighted by atomic mass is 32.1. The summed E-state index contributed by atoms with van der Waals surface area (Å²) in [7, 11) is 0. The maximum Gasteiger partial charge on any atom is 0.338 e. The molecular formula is C23H25NO3S. The molecular weight excluding hydrogens is 370 g/mol. The van der Waals surface area contributed by atoms with E-state index in [2.05, 4.69) is 33.9 Å². The van der Waals surface area contributed by atoms with Crippen LogP contribution in [0.3, 0.4) is 0 Å². The van der Waals surface area contributed by atoms with Crippen LogP contribution in [0, 0.1) is 0 Å². The van der Waals surface area contributed by atoms with Crippen LogP contribution in [-0.4, -0.2) is 49.8 Å². The van der Waals surface area contributed by atoms with Crippen molar-refractivity contribution >= 4 is 28.1 Å². The Morgan fingerprint density at radius 2 is 1.86 bits per heavy atom. The molecule has 5 heteroatoms. The van der Waals surface area contributed by atoms with Crippen molar-refractivity contribution in [1.29, 1.82) is 0 Å². The van der Waals surface area contributed by atoms with Crippen molar-refractivity contribution in [2.45, 2.75) is 18.9 Å². The Balaban J connectivity index is 1.05. The first-order valence-corrected chi connectivity index (χ1v) is 10.7. The quantitative estimate of drug-likeness (QED) is 0.398. The van der Waals surface area contributed by atoms with Gasteiger partial charge in [0.2, 0.25) is 0 Å². The average Bonchev–Trinajstić information content (AvgIpc) is 3.16. The lowest BCUT2D eigenvalue weighted by Crippen LogP contribution is -2.53. The summed E-state index contributed by atoms with van der Waals surface area (Å²) in [5, 5.41) is 7.01. The number of nitrogens with zero attached hydrogens (tertiary/aromatic N) is 1. The molecule has 0 N–H and O–H groups in total. The highest BCUT2D eigenvalue weighted by Crippen LogP contribution is 2.20. The summed E-state index contributed by atoms with van der Waals surface area (Å²) >= 11 is 1.75. The van der Waals surface area contributed by atoms with Gasteiger partial charge < -0.3 is 9.47 Å². The molecule has 1 aliphatic rings. The summed E-state index contributed by atoms with van der Waals surface area (Å²) in [6, 6.07) is 15.8. The summed E-state index contributed by atoms with van der Waals surface area (Å²) in [4.78, 5) is 14.3. The van der Waals surface area contributed by atoms with E-state index in [-0.39, 0.29) is 12.1 Å². The molecule has 3 aromatic rings. The van der Waals surface area contributed by atoms with Crippen LogP contribution in [-0.2, 0) is 15.9 Å². The second-order valence-corrected chi connectivity index (χ2v) is 7.95. The first kappa shape index (κ1) is 19.1. The molecule has 0 aliphatic carbocycles. The zero-order chi connectivity index (χ0) is 19.2. The van der Waals surface area contributed by atoms with Gasteiger partial charge in [0, 0.05) is 26.2 Å². The largest absolute Gasteiger partial charge is 0.456 e. The van der Waals surface area contributed by atoms with E-state index in [1.165, 1.54) is 16.3 Å². The molecule has 1 aliphatic heterocycles. The number of rotatable bonds is 9. The normalized spacial score (nSPS) is 14.9. The minimum Gasteiger partial charge on any atom is -0.456 e. The molecule has 2 heterocycles. The van der Waals surface area contributed by atoms with Crippen LogP contribution in [0.5, 0.6) is 0 Å². The maximum absolute atomic E-state index is 12.0. The molecule has 0 unspecified atom stereocenters. The van der Waals surface area contributed by atoms with Crippen LogP contribution in [0.15, 0.2) is 59.3 Å². The van der Waals surface area contributed by atoms with E-state index in [9.17, 15) is 4.79 Å². The lowest BCUT2D eigenvalue weighted by Gasteiger charge is -2.38. The number of hydrogen-bond acceptors (Lipinski definition) is 5. The summed E-state index contributed by atoms with van der Waals surface area (Å²) in [6.07, 6.45) is 1.97. The van der Waals surface area contributed by atoms with Crippen LogP contribution in [0.4, 0.5) is 0 Å². The molecule has 0 atom stereocenters. The van der Waals surface area contributed by atoms with Crippen LogP contribution in [0.25, 0.3) is 10.8 Å². The molecule has 28 heavy (non-hydrogen) atoms. The van der Waals surface area contributed by atoms with Crippen LogP contribution >= 0.6 is 11.3 Å². The highest BCUT2D eigenvalue weighted by Gasteiger charge is 2.29. The first-order chi connectivity index (χ1) is 13.8. The number of thiophene rings is 1. The van der Waals surface area contributed by atoms with Gasteiger partial charge in [0.1, 0.15) is 6.10 Å². The Bertz CT molecular complexity index is 902. The Hall–Kier alpha value is -2.21. The third-order valence-electron chi connectivity index (χ3n) is 5.05. The predicted octanol–water partition coefficient (Wildman–Crippen LogP) is 4.39. The molecule has 1 saturated heterocycles. The zero-order valence-corrected chi connectivity index (χ0v) is 16.7. The molecule has 0 amide bonds. The third kappa shape index (κ3) is 4.98. The maximum atomic E-state index is 12.0. The average molecular weight is 396 g/mol. The fourth-order valence-corrected chi connectivity index (χ4v) is 4.21. The molecule has 1 fully saturated rings. The lowest BCUT2D eigenvalue weighted by molar-refractivity contribution is -0.0331. The number of carbonyl (C=O) groups is 1. The minimum absolute atomic E-state index is 0.0145. The van der Waals surface area contributed by atoms with E-state index in [4.69, 9.17) is 9.47 Å². The molecule has 4 nitrogen and oxygen atoms in total. The van der Waals surface area contributed by atoms with Gasteiger partial charge in [-0.2, -0.15) is 11.3 Å². The van der Waals surface area contributed by atoms with Crippen molar-refractivity contribution in [3.8, 4) is 0 Å². The Morgan fingerprint density at radius 1 is 1.04 bits per heavy atom. The van der Waals surface area contributed by atoms with Gasteiger partial charge in [-0.1, -0.05) is 36.4 Å². The fourth-order valence-electron chi connectivity index (χ4n) is 3.43. The predicted molar refractivity (Wildman–Crippen MR) is 113 cm³/mol. The summed E-state index contributed by atoms with van der Waals surface area (Å²) in [5.74, 6) is -0.228. The molecule has 0 radical (unpaired) electrons. The number of carbonyl (C=O) groups excluding carboxylic acids is 1. The van der Waals surface area contributed by atoms with E-state index in [0.29, 0.717) is 5.56 Å². The molecule has 0 saturated carbocycles. The van der Waals surface area contributed by atoms with E-state index in [0.717, 1.165) is 45.7 Å². The smallest absolute Gasteiger partial charge is 0.338 e. The van der Waals surface area contributed by atoms with E-state index < -0.39 is 0 Å². The van der Waals surface area contributed by atoms with Gasteiger partial charge >= 0.3 is 5.97 Å². The number of fused-ring (bicyclic) bond motifs is 1. The summed E-state index contributed by atoms with van der Waals surface area (Å²) in [5.41, 5.74) is 1.95. The van der Waals surface area contributed by atoms with Gasteiger partial charge in [0.25, 0.3) is 0 Å². The number of benzene rings is 2. The van der Waals surface area contributed by atoms with Crippen LogP contribution in [0.1, 0.15) is 22.3 Å². The van der Waals surface area contributed by atoms with Gasteiger partial charge in [-0.15, -0.1) is 0 Å². The SMILES string of the molecule is O=C(OC1CN(CCCOCCc2ccc3cscc3c2)C1)c1ccccc1. The second kappa shape index (κ2) is 9.32. The van der Waals surface area contributed by atoms with Crippen molar-refractivity contribution in [2.75, 3.05) is 32.8 Å². The van der Waals surface area contributed by atoms with Crippen molar-refractivity contribution in [1.82, 2.24) is 4.90 Å². The van der Waals surface area contributed by atoms with Crippen molar-refractivity contribution in [3.63, 3.8) is 0 Å². The van der Waals surface area contributed by atoms with Crippen molar-refractivity contribution < 1.29 is 14.3 Å². The molecule has 146 valence electrons. The Labute approximate surface area is 169 Å². The standard InChI is InChI=1S/C23H25NO3S/c25-23(19-5-2-1-3-6-19)27-22-14-24(15-22)10-4-11-26-12-9-18-7-8-20-16-28-17-21(20)13-18/h1-3,5-8,13,16-17,22H,4,9-12,14-15H2. The van der Waals surface area contributed by atoms with Crippen molar-refractivity contribution in [2.24, 2.45) is 0 Å². The number of ether oxygens (including phenoxy) is 2. The zero-order valence-electron chi connectivity index (χ0n) is 15.9. The monoisotopic (exact) mass is 395 g/mol. The van der Waals surface area contributed by atoms with Gasteiger partial charge in [-0.25, -0.2) is 4.79 Å². The molecule has 2 aromatic carbocycles. The number of esters is 1. The van der Waals surface area contributed by atoms with Gasteiger partial charge in [0.05, 0.1) is 12.2 Å². The fraction of sp³-hybridized carbons (Fsp3) is 0.348. The lowest BCUT2D eigenvalue weighted by atomic mass is 10.1. The molecule has 0 bridgehead atoms. The second-order valence-electron chi connectivity index (χ2n) is 7.20. The van der Waals surface area contributed by atoms with Crippen LogP contribution in [0.2, 0.25) is 0 Å².